The van der Waals surface area contributed by atoms with E-state index in [0.717, 1.165) is 24.0 Å². The van der Waals surface area contributed by atoms with Crippen LogP contribution in [0.4, 0.5) is 0 Å². The summed E-state index contributed by atoms with van der Waals surface area (Å²) in [5.74, 6) is -0.385. The second kappa shape index (κ2) is 9.23. The van der Waals surface area contributed by atoms with Crippen molar-refractivity contribution in [2.45, 2.75) is 38.8 Å². The number of fused-ring (bicyclic) bond motifs is 2. The number of hydrogen-bond donors (Lipinski definition) is 2. The molecule has 0 radical (unpaired) electrons. The van der Waals surface area contributed by atoms with E-state index >= 15 is 0 Å². The van der Waals surface area contributed by atoms with E-state index in [1.807, 2.05) is 43.3 Å². The predicted octanol–water partition coefficient (Wildman–Crippen LogP) is 2.59. The van der Waals surface area contributed by atoms with Gasteiger partial charge in [0.05, 0.1) is 17.1 Å². The molecule has 1 fully saturated rings. The van der Waals surface area contributed by atoms with E-state index in [4.69, 9.17) is 15.1 Å². The minimum Gasteiger partial charge on any atom is -0.376 e. The molecule has 0 spiro atoms. The highest BCUT2D eigenvalue weighted by Crippen LogP contribution is 2.14. The Balaban J connectivity index is 1.62. The van der Waals surface area contributed by atoms with Gasteiger partial charge in [0.15, 0.2) is 0 Å². The molecule has 34 heavy (non-hydrogen) atoms. The molecule has 1 aliphatic heterocycles. The molecule has 1 atom stereocenters. The Morgan fingerprint density at radius 3 is 2.82 bits per heavy atom. The van der Waals surface area contributed by atoms with Gasteiger partial charge in [-0.15, -0.1) is 0 Å². The van der Waals surface area contributed by atoms with Crippen LogP contribution in [0, 0.1) is 12.3 Å². The molecule has 2 N–H and O–H groups in total. The molecule has 0 aliphatic carbocycles. The maximum atomic E-state index is 13.4. The number of carbonyl (C=O) groups is 1. The largest absolute Gasteiger partial charge is 0.376 e. The first-order chi connectivity index (χ1) is 16.5. The zero-order valence-electron chi connectivity index (χ0n) is 19.1. The van der Waals surface area contributed by atoms with E-state index < -0.39 is 0 Å². The molecule has 8 nitrogen and oxygen atoms in total. The molecule has 0 bridgehead atoms. The monoisotopic (exact) mass is 457 g/mol. The van der Waals surface area contributed by atoms with Gasteiger partial charge in [0, 0.05) is 25.9 Å². The average molecular weight is 458 g/mol. The highest BCUT2D eigenvalue weighted by atomic mass is 16.5. The summed E-state index contributed by atoms with van der Waals surface area (Å²) in [6.07, 6.45) is 4.25. The molecule has 0 saturated carbocycles. The van der Waals surface area contributed by atoms with E-state index in [9.17, 15) is 9.59 Å². The Hall–Kier alpha value is -3.78. The van der Waals surface area contributed by atoms with E-state index in [-0.39, 0.29) is 28.6 Å². The van der Waals surface area contributed by atoms with Gasteiger partial charge < -0.3 is 14.6 Å². The van der Waals surface area contributed by atoms with Crippen molar-refractivity contribution in [2.24, 2.45) is 0 Å². The van der Waals surface area contributed by atoms with E-state index in [2.05, 4.69) is 5.32 Å². The van der Waals surface area contributed by atoms with Crippen molar-refractivity contribution in [1.82, 2.24) is 19.3 Å². The van der Waals surface area contributed by atoms with Gasteiger partial charge in [-0.2, -0.15) is 0 Å². The van der Waals surface area contributed by atoms with Gasteiger partial charge >= 0.3 is 0 Å². The fourth-order valence-corrected chi connectivity index (χ4v) is 4.43. The Morgan fingerprint density at radius 1 is 1.24 bits per heavy atom. The van der Waals surface area contributed by atoms with Crippen LogP contribution >= 0.6 is 0 Å². The van der Waals surface area contributed by atoms with Crippen LogP contribution in [0.2, 0.25) is 0 Å². The number of ether oxygens (including phenoxy) is 1. The summed E-state index contributed by atoms with van der Waals surface area (Å²) in [6, 6.07) is 15.1. The minimum absolute atomic E-state index is 0.0111. The van der Waals surface area contributed by atoms with Crippen LogP contribution in [0.1, 0.15) is 34.3 Å². The fourth-order valence-electron chi connectivity index (χ4n) is 4.43. The maximum Gasteiger partial charge on any atom is 0.267 e. The van der Waals surface area contributed by atoms with Crippen LogP contribution in [0.25, 0.3) is 16.7 Å². The number of hydrogen-bond acceptors (Lipinski definition) is 5. The molecule has 1 saturated heterocycles. The van der Waals surface area contributed by atoms with E-state index in [1.54, 1.807) is 16.8 Å². The molecular weight excluding hydrogens is 430 g/mol. The van der Waals surface area contributed by atoms with Crippen LogP contribution in [-0.2, 0) is 17.7 Å². The van der Waals surface area contributed by atoms with Crippen LogP contribution in [-0.4, -0.2) is 39.1 Å². The van der Waals surface area contributed by atoms with E-state index in [1.165, 1.54) is 10.5 Å². The molecule has 174 valence electrons. The molecule has 3 aromatic heterocycles. The highest BCUT2D eigenvalue weighted by molar-refractivity contribution is 5.96. The van der Waals surface area contributed by atoms with Crippen LogP contribution in [0.5, 0.6) is 0 Å². The van der Waals surface area contributed by atoms with Crippen molar-refractivity contribution in [3.8, 4) is 0 Å². The lowest BCUT2D eigenvalue weighted by Gasteiger charge is -2.16. The molecule has 1 unspecified atom stereocenters. The highest BCUT2D eigenvalue weighted by Gasteiger charge is 2.20. The van der Waals surface area contributed by atoms with Crippen molar-refractivity contribution in [2.75, 3.05) is 13.2 Å². The number of aryl methyl sites for hydroxylation is 3. The molecule has 1 aliphatic rings. The second-order valence-corrected chi connectivity index (χ2v) is 8.73. The predicted molar refractivity (Wildman–Crippen MR) is 129 cm³/mol. The Bertz CT molecular complexity index is 1480. The Morgan fingerprint density at radius 2 is 2.06 bits per heavy atom. The lowest BCUT2D eigenvalue weighted by molar-refractivity contribution is 0.0856. The molecule has 1 aromatic carbocycles. The van der Waals surface area contributed by atoms with Gasteiger partial charge in [-0.1, -0.05) is 36.4 Å². The number of nitrogens with zero attached hydrogens (tertiary/aromatic N) is 3. The average Bonchev–Trinajstić information content (AvgIpc) is 3.37. The fraction of sp³-hybridized carbons (Fsp3) is 0.308. The third-order valence-electron chi connectivity index (χ3n) is 6.28. The second-order valence-electron chi connectivity index (χ2n) is 8.73. The third-order valence-corrected chi connectivity index (χ3v) is 6.28. The number of amides is 1. The zero-order valence-corrected chi connectivity index (χ0v) is 19.1. The van der Waals surface area contributed by atoms with Crippen LogP contribution < -0.4 is 16.4 Å². The third kappa shape index (κ3) is 4.24. The van der Waals surface area contributed by atoms with Gasteiger partial charge in [-0.25, -0.2) is 4.98 Å². The van der Waals surface area contributed by atoms with Gasteiger partial charge in [0.2, 0.25) is 0 Å². The minimum atomic E-state index is -0.385. The van der Waals surface area contributed by atoms with Crippen LogP contribution in [0.3, 0.4) is 0 Å². The first-order valence-electron chi connectivity index (χ1n) is 11.6. The van der Waals surface area contributed by atoms with Crippen molar-refractivity contribution in [3.05, 3.63) is 87.3 Å². The van der Waals surface area contributed by atoms with E-state index in [0.29, 0.717) is 42.8 Å². The molecule has 4 aromatic rings. The summed E-state index contributed by atoms with van der Waals surface area (Å²) < 4.78 is 8.77. The lowest BCUT2D eigenvalue weighted by atomic mass is 10.1. The summed E-state index contributed by atoms with van der Waals surface area (Å²) in [5, 5.41) is 12.0. The van der Waals surface area contributed by atoms with Gasteiger partial charge in [0.25, 0.3) is 11.5 Å². The first kappa shape index (κ1) is 22.0. The maximum absolute atomic E-state index is 13.4. The molecule has 5 rings (SSSR count). The van der Waals surface area contributed by atoms with Crippen molar-refractivity contribution in [1.29, 1.82) is 5.41 Å². The lowest BCUT2D eigenvalue weighted by Crippen LogP contribution is -2.38. The molecule has 1 amide bonds. The van der Waals surface area contributed by atoms with Gasteiger partial charge in [-0.05, 0) is 49.4 Å². The zero-order chi connectivity index (χ0) is 23.7. The summed E-state index contributed by atoms with van der Waals surface area (Å²) in [7, 11) is 0. The smallest absolute Gasteiger partial charge is 0.267 e. The SMILES string of the molecule is Cc1ccc2nc3c(cc(C(=O)NCC4CCCO4)c(=N)n3CCc3ccccc3)c(=O)n2c1. The normalized spacial score (nSPS) is 15.7. The molecular formula is C26H27N5O3. The summed E-state index contributed by atoms with van der Waals surface area (Å²) in [5.41, 5.74) is 2.88. The molecule has 4 heterocycles. The Labute approximate surface area is 196 Å². The molecule has 8 heteroatoms. The summed E-state index contributed by atoms with van der Waals surface area (Å²) >= 11 is 0. The standard InChI is InChI=1S/C26H27N5O3/c1-17-9-10-22-29-24-21(26(33)31(22)16-17)14-20(25(32)28-15-19-8-5-13-34-19)23(27)30(24)12-11-18-6-3-2-4-7-18/h2-4,6-7,9-10,14,16,19,27H,5,8,11-13,15H2,1H3,(H,28,32). The topological polar surface area (TPSA) is 101 Å². The van der Waals surface area contributed by atoms with Crippen molar-refractivity contribution in [3.63, 3.8) is 0 Å². The number of benzene rings is 1. The van der Waals surface area contributed by atoms with Gasteiger partial charge in [0.1, 0.15) is 16.8 Å². The number of carbonyl (C=O) groups excluding carboxylic acids is 1. The Kier molecular flexibility index (Phi) is 5.98. The number of pyridine rings is 2. The summed E-state index contributed by atoms with van der Waals surface area (Å²) in [4.78, 5) is 31.2. The van der Waals surface area contributed by atoms with Gasteiger partial charge in [-0.3, -0.25) is 19.4 Å². The quantitative estimate of drug-likeness (QED) is 0.435. The van der Waals surface area contributed by atoms with Crippen LogP contribution in [0.15, 0.2) is 59.5 Å². The van der Waals surface area contributed by atoms with Crippen molar-refractivity contribution >= 4 is 22.6 Å². The number of aromatic nitrogens is 3. The number of rotatable bonds is 6. The summed E-state index contributed by atoms with van der Waals surface area (Å²) in [6.45, 7) is 3.41. The number of nitrogens with one attached hydrogen (secondary N) is 2. The first-order valence-corrected chi connectivity index (χ1v) is 11.6. The van der Waals surface area contributed by atoms with Crippen molar-refractivity contribution < 1.29 is 9.53 Å².